The number of phenols is 1. The average molecular weight is 702 g/mol. The number of thiazole rings is 1. The summed E-state index contributed by atoms with van der Waals surface area (Å²) in [6.45, 7) is 7.22. The van der Waals surface area contributed by atoms with Gasteiger partial charge >= 0.3 is 6.03 Å². The molecule has 6 aromatic rings. The van der Waals surface area contributed by atoms with Gasteiger partial charge in [-0.1, -0.05) is 86.2 Å². The molecule has 1 saturated heterocycles. The molecule has 2 amide bonds. The Morgan fingerprint density at radius 3 is 2.67 bits per heavy atom. The lowest BCUT2D eigenvalue weighted by molar-refractivity contribution is -0.180. The van der Waals surface area contributed by atoms with Gasteiger partial charge < -0.3 is 25.5 Å². The topological polar surface area (TPSA) is 144 Å². The van der Waals surface area contributed by atoms with Gasteiger partial charge in [-0.3, -0.25) is 4.40 Å². The minimum absolute atomic E-state index is 0.0130. The molecular formula is C35H36ClN7O5S. The van der Waals surface area contributed by atoms with E-state index >= 15 is 0 Å². The Labute approximate surface area is 291 Å². The lowest BCUT2D eigenvalue weighted by Crippen LogP contribution is -2.44. The molecule has 0 bridgehead atoms. The van der Waals surface area contributed by atoms with Gasteiger partial charge in [-0.05, 0) is 24.3 Å². The number of primary amides is 1. The van der Waals surface area contributed by atoms with E-state index in [0.29, 0.717) is 60.2 Å². The predicted molar refractivity (Wildman–Crippen MR) is 188 cm³/mol. The molecule has 1 atom stereocenters. The second-order valence-electron chi connectivity index (χ2n) is 13.0. The van der Waals surface area contributed by atoms with E-state index in [-0.39, 0.29) is 23.4 Å². The van der Waals surface area contributed by atoms with E-state index in [1.165, 1.54) is 14.9 Å². The molecule has 0 spiro atoms. The van der Waals surface area contributed by atoms with Crippen molar-refractivity contribution >= 4 is 44.1 Å². The SMILES string of the molecule is CC(C)(C)c1nn(N(Cc2ccccc2Oc2nc3sc4ccccc4n3c2CC2COCCN2O)C(N)=O)cc1-c1cccc(Cl)c1O. The molecule has 0 aliphatic carbocycles. The van der Waals surface area contributed by atoms with Gasteiger partial charge in [-0.2, -0.15) is 19.9 Å². The molecule has 4 N–H and O–H groups in total. The van der Waals surface area contributed by atoms with Crippen molar-refractivity contribution in [1.82, 2.24) is 24.3 Å². The van der Waals surface area contributed by atoms with Crippen molar-refractivity contribution in [3.05, 3.63) is 94.9 Å². The first kappa shape index (κ1) is 32.9. The Morgan fingerprint density at radius 1 is 1.12 bits per heavy atom. The van der Waals surface area contributed by atoms with Crippen LogP contribution in [-0.4, -0.2) is 66.5 Å². The number of ether oxygens (including phenoxy) is 2. The maximum Gasteiger partial charge on any atom is 0.335 e. The molecule has 4 heterocycles. The summed E-state index contributed by atoms with van der Waals surface area (Å²) in [5, 5.41) is 29.1. The number of hydrogen-bond donors (Lipinski definition) is 3. The maximum absolute atomic E-state index is 13.0. The first-order valence-corrected chi connectivity index (χ1v) is 17.0. The zero-order chi connectivity index (χ0) is 34.4. The van der Waals surface area contributed by atoms with Crippen LogP contribution in [0.25, 0.3) is 26.3 Å². The third-order valence-electron chi connectivity index (χ3n) is 8.53. The summed E-state index contributed by atoms with van der Waals surface area (Å²) in [5.41, 5.74) is 9.69. The summed E-state index contributed by atoms with van der Waals surface area (Å²) < 4.78 is 15.4. The van der Waals surface area contributed by atoms with Crippen LogP contribution in [0.1, 0.15) is 37.7 Å². The number of fused-ring (bicyclic) bond motifs is 3. The van der Waals surface area contributed by atoms with Gasteiger partial charge in [-0.25, -0.2) is 9.80 Å². The zero-order valence-corrected chi connectivity index (χ0v) is 28.8. The second-order valence-corrected chi connectivity index (χ2v) is 14.4. The number of rotatable bonds is 8. The van der Waals surface area contributed by atoms with Crippen LogP contribution in [0.5, 0.6) is 17.4 Å². The quantitative estimate of drug-likeness (QED) is 0.159. The van der Waals surface area contributed by atoms with Gasteiger partial charge in [0, 0.05) is 35.1 Å². The minimum atomic E-state index is -0.741. The number of aromatic hydroxyl groups is 1. The summed E-state index contributed by atoms with van der Waals surface area (Å²) in [7, 11) is 0. The van der Waals surface area contributed by atoms with E-state index < -0.39 is 11.4 Å². The molecule has 0 saturated carbocycles. The molecule has 0 radical (unpaired) electrons. The molecule has 1 aliphatic rings. The van der Waals surface area contributed by atoms with Gasteiger partial charge in [-0.15, -0.1) is 0 Å². The number of aromatic nitrogens is 4. The van der Waals surface area contributed by atoms with Crippen LogP contribution in [0.15, 0.2) is 72.9 Å². The van der Waals surface area contributed by atoms with Crippen LogP contribution in [-0.2, 0) is 23.1 Å². The molecule has 49 heavy (non-hydrogen) atoms. The number of hydroxylamine groups is 2. The van der Waals surface area contributed by atoms with E-state index in [4.69, 9.17) is 36.9 Å². The molecule has 1 unspecified atom stereocenters. The number of urea groups is 1. The number of carbonyl (C=O) groups is 1. The number of hydrogen-bond acceptors (Lipinski definition) is 9. The highest BCUT2D eigenvalue weighted by Crippen LogP contribution is 2.40. The molecule has 12 nitrogen and oxygen atoms in total. The van der Waals surface area contributed by atoms with E-state index in [1.807, 2.05) is 69.3 Å². The number of amides is 2. The third kappa shape index (κ3) is 6.31. The Bertz CT molecular complexity index is 2170. The van der Waals surface area contributed by atoms with Crippen molar-refractivity contribution in [3.63, 3.8) is 0 Å². The number of phenolic OH excluding ortho intramolecular Hbond substituents is 1. The Balaban J connectivity index is 1.26. The average Bonchev–Trinajstić information content (AvgIpc) is 3.75. The smallest absolute Gasteiger partial charge is 0.335 e. The molecule has 1 fully saturated rings. The van der Waals surface area contributed by atoms with Gasteiger partial charge in [0.15, 0.2) is 4.96 Å². The first-order valence-electron chi connectivity index (χ1n) is 15.8. The Morgan fingerprint density at radius 2 is 1.90 bits per heavy atom. The highest BCUT2D eigenvalue weighted by Gasteiger charge is 2.30. The van der Waals surface area contributed by atoms with E-state index in [1.54, 1.807) is 35.7 Å². The molecule has 254 valence electrons. The highest BCUT2D eigenvalue weighted by molar-refractivity contribution is 7.23. The van der Waals surface area contributed by atoms with Crippen molar-refractivity contribution in [1.29, 1.82) is 0 Å². The second kappa shape index (κ2) is 13.0. The normalized spacial score (nSPS) is 15.7. The lowest BCUT2D eigenvalue weighted by Gasteiger charge is -2.30. The van der Waals surface area contributed by atoms with Crippen LogP contribution < -0.4 is 15.5 Å². The van der Waals surface area contributed by atoms with E-state index in [0.717, 1.165) is 20.9 Å². The number of nitrogens with two attached hydrogens (primary N) is 1. The number of carbonyl (C=O) groups excluding carboxylic acids is 1. The molecule has 7 rings (SSSR count). The summed E-state index contributed by atoms with van der Waals surface area (Å²) in [5.74, 6) is 0.787. The fourth-order valence-electron chi connectivity index (χ4n) is 6.07. The van der Waals surface area contributed by atoms with Crippen molar-refractivity contribution in [3.8, 4) is 28.5 Å². The summed E-state index contributed by atoms with van der Waals surface area (Å²) in [6.07, 6.45) is 2.09. The number of benzene rings is 3. The largest absolute Gasteiger partial charge is 0.506 e. The molecule has 3 aromatic heterocycles. The van der Waals surface area contributed by atoms with Crippen LogP contribution in [0.3, 0.4) is 0 Å². The fourth-order valence-corrected chi connectivity index (χ4v) is 7.28. The van der Waals surface area contributed by atoms with Crippen LogP contribution in [0.2, 0.25) is 5.02 Å². The van der Waals surface area contributed by atoms with Gasteiger partial charge in [0.25, 0.3) is 0 Å². The standard InChI is InChI=1S/C35H36ClN7O5S/c1-35(2,3)31-24(23-10-8-11-25(36)30(23)44)19-42(39-31)40(33(37)45)18-21-9-4-6-13-28(21)48-32-27(17-22-20-47-16-15-41(22)46)43-26-12-5-7-14-29(26)49-34(43)38-32/h4-14,19,22,44,46H,15-18,20H2,1-3H3,(H2,37,45). The number of halogens is 1. The van der Waals surface area contributed by atoms with Gasteiger partial charge in [0.05, 0.1) is 58.6 Å². The number of nitrogens with zero attached hydrogens (tertiary/aromatic N) is 6. The van der Waals surface area contributed by atoms with Crippen molar-refractivity contribution in [2.24, 2.45) is 5.73 Å². The van der Waals surface area contributed by atoms with Crippen molar-refractivity contribution < 1.29 is 24.6 Å². The molecule has 3 aromatic carbocycles. The lowest BCUT2D eigenvalue weighted by atomic mass is 9.87. The minimum Gasteiger partial charge on any atom is -0.506 e. The van der Waals surface area contributed by atoms with Gasteiger partial charge in [0.2, 0.25) is 5.88 Å². The first-order chi connectivity index (χ1) is 23.5. The highest BCUT2D eigenvalue weighted by atomic mass is 35.5. The third-order valence-corrected chi connectivity index (χ3v) is 9.86. The van der Waals surface area contributed by atoms with Crippen molar-refractivity contribution in [2.45, 2.75) is 45.2 Å². The van der Waals surface area contributed by atoms with E-state index in [9.17, 15) is 15.1 Å². The van der Waals surface area contributed by atoms with E-state index in [2.05, 4.69) is 4.40 Å². The van der Waals surface area contributed by atoms with Gasteiger partial charge in [0.1, 0.15) is 11.5 Å². The van der Waals surface area contributed by atoms with Crippen LogP contribution in [0, 0.1) is 0 Å². The Kier molecular flexibility index (Phi) is 8.71. The molecular weight excluding hydrogens is 666 g/mol. The van der Waals surface area contributed by atoms with Crippen LogP contribution in [0.4, 0.5) is 4.79 Å². The summed E-state index contributed by atoms with van der Waals surface area (Å²) in [6, 6.07) is 19.5. The fraction of sp³-hybridized carbons (Fsp3) is 0.286. The predicted octanol–water partition coefficient (Wildman–Crippen LogP) is 6.71. The number of imidazole rings is 1. The Hall–Kier alpha value is -4.66. The molecule has 14 heteroatoms. The van der Waals surface area contributed by atoms with Crippen molar-refractivity contribution in [2.75, 3.05) is 24.8 Å². The number of para-hydroxylation sites is 3. The summed E-state index contributed by atoms with van der Waals surface area (Å²) >= 11 is 7.81. The van der Waals surface area contributed by atoms with Crippen LogP contribution >= 0.6 is 22.9 Å². The number of morpholine rings is 1. The monoisotopic (exact) mass is 701 g/mol. The summed E-state index contributed by atoms with van der Waals surface area (Å²) in [4.78, 5) is 20.1. The zero-order valence-electron chi connectivity index (χ0n) is 27.2. The molecule has 1 aliphatic heterocycles. The maximum atomic E-state index is 13.0.